The van der Waals surface area contributed by atoms with Crippen LogP contribution in [0.1, 0.15) is 28.1 Å². The van der Waals surface area contributed by atoms with Crippen LogP contribution in [0.5, 0.6) is 0 Å². The number of nitrogens with zero attached hydrogens (tertiary/aromatic N) is 1. The highest BCUT2D eigenvalue weighted by atomic mass is 16.3. The third kappa shape index (κ3) is 2.97. The molecule has 0 saturated heterocycles. The van der Waals surface area contributed by atoms with Crippen LogP contribution in [-0.2, 0) is 19.7 Å². The summed E-state index contributed by atoms with van der Waals surface area (Å²) < 4.78 is 0. The van der Waals surface area contributed by atoms with Gasteiger partial charge in [-0.3, -0.25) is 5.10 Å². The first-order valence-corrected chi connectivity index (χ1v) is 6.10. The number of aliphatic hydroxyl groups excluding tert-OH is 1. The Kier molecular flexibility index (Phi) is 4.12. The van der Waals surface area contributed by atoms with Crippen molar-refractivity contribution in [1.29, 1.82) is 0 Å². The zero-order valence-electron chi connectivity index (χ0n) is 10.8. The van der Waals surface area contributed by atoms with Crippen molar-refractivity contribution in [2.45, 2.75) is 33.5 Å². The third-order valence-electron chi connectivity index (χ3n) is 3.09. The SMILES string of the molecule is Cc1n[nH]c(C)c1CNCc1cccc(CO)c1. The van der Waals surface area contributed by atoms with Gasteiger partial charge in [0.25, 0.3) is 0 Å². The molecule has 3 N–H and O–H groups in total. The van der Waals surface area contributed by atoms with Crippen LogP contribution in [0, 0.1) is 13.8 Å². The first kappa shape index (κ1) is 12.8. The van der Waals surface area contributed by atoms with Crippen LogP contribution in [-0.4, -0.2) is 15.3 Å². The van der Waals surface area contributed by atoms with Crippen molar-refractivity contribution in [2.75, 3.05) is 0 Å². The highest BCUT2D eigenvalue weighted by Gasteiger charge is 2.05. The normalized spacial score (nSPS) is 10.8. The summed E-state index contributed by atoms with van der Waals surface area (Å²) in [6.45, 7) is 5.72. The Labute approximate surface area is 107 Å². The molecule has 0 aliphatic heterocycles. The maximum Gasteiger partial charge on any atom is 0.0681 e. The van der Waals surface area contributed by atoms with Crippen molar-refractivity contribution in [3.8, 4) is 0 Å². The number of aromatic amines is 1. The number of hydrogen-bond acceptors (Lipinski definition) is 3. The zero-order valence-corrected chi connectivity index (χ0v) is 10.8. The third-order valence-corrected chi connectivity index (χ3v) is 3.09. The summed E-state index contributed by atoms with van der Waals surface area (Å²) in [5, 5.41) is 19.6. The van der Waals surface area contributed by atoms with E-state index in [4.69, 9.17) is 5.11 Å². The quantitative estimate of drug-likeness (QED) is 0.753. The topological polar surface area (TPSA) is 60.9 Å². The molecule has 0 fully saturated rings. The zero-order chi connectivity index (χ0) is 13.0. The molecule has 1 aromatic carbocycles. The van der Waals surface area contributed by atoms with Crippen molar-refractivity contribution >= 4 is 0 Å². The maximum absolute atomic E-state index is 9.08. The highest BCUT2D eigenvalue weighted by molar-refractivity contribution is 5.24. The summed E-state index contributed by atoms with van der Waals surface area (Å²) in [6.07, 6.45) is 0. The molecule has 4 heteroatoms. The predicted octanol–water partition coefficient (Wildman–Crippen LogP) is 1.81. The van der Waals surface area contributed by atoms with E-state index in [1.807, 2.05) is 32.0 Å². The van der Waals surface area contributed by atoms with Gasteiger partial charge in [0.05, 0.1) is 12.3 Å². The maximum atomic E-state index is 9.08. The molecule has 2 aromatic rings. The fraction of sp³-hybridized carbons (Fsp3) is 0.357. The number of aromatic nitrogens is 2. The smallest absolute Gasteiger partial charge is 0.0681 e. The van der Waals surface area contributed by atoms with E-state index in [1.54, 1.807) is 0 Å². The Morgan fingerprint density at radius 1 is 1.22 bits per heavy atom. The van der Waals surface area contributed by atoms with E-state index in [2.05, 4.69) is 21.6 Å². The summed E-state index contributed by atoms with van der Waals surface area (Å²) in [4.78, 5) is 0. The van der Waals surface area contributed by atoms with Crippen LogP contribution in [0.15, 0.2) is 24.3 Å². The lowest BCUT2D eigenvalue weighted by atomic mass is 10.1. The van der Waals surface area contributed by atoms with E-state index in [0.29, 0.717) is 0 Å². The van der Waals surface area contributed by atoms with Gasteiger partial charge in [0.1, 0.15) is 0 Å². The molecule has 0 saturated carbocycles. The molecular weight excluding hydrogens is 226 g/mol. The predicted molar refractivity (Wildman–Crippen MR) is 71.0 cm³/mol. The Morgan fingerprint density at radius 3 is 2.67 bits per heavy atom. The molecule has 4 nitrogen and oxygen atoms in total. The minimum atomic E-state index is 0.0911. The van der Waals surface area contributed by atoms with Gasteiger partial charge in [-0.05, 0) is 25.0 Å². The standard InChI is InChI=1S/C14H19N3O/c1-10-14(11(2)17-16-10)8-15-7-12-4-3-5-13(6-12)9-18/h3-6,15,18H,7-9H2,1-2H3,(H,16,17). The first-order valence-electron chi connectivity index (χ1n) is 6.10. The highest BCUT2D eigenvalue weighted by Crippen LogP contribution is 2.09. The Bertz CT molecular complexity index is 500. The van der Waals surface area contributed by atoms with Gasteiger partial charge in [-0.15, -0.1) is 0 Å². The minimum Gasteiger partial charge on any atom is -0.392 e. The summed E-state index contributed by atoms with van der Waals surface area (Å²) >= 11 is 0. The van der Waals surface area contributed by atoms with Crippen molar-refractivity contribution in [3.63, 3.8) is 0 Å². The molecule has 2 rings (SSSR count). The van der Waals surface area contributed by atoms with Gasteiger partial charge in [0.15, 0.2) is 0 Å². The first-order chi connectivity index (χ1) is 8.70. The van der Waals surface area contributed by atoms with Gasteiger partial charge in [-0.1, -0.05) is 24.3 Å². The summed E-state index contributed by atoms with van der Waals surface area (Å²) in [6, 6.07) is 7.97. The van der Waals surface area contributed by atoms with Gasteiger partial charge >= 0.3 is 0 Å². The molecule has 0 atom stereocenters. The molecule has 1 heterocycles. The van der Waals surface area contributed by atoms with Gasteiger partial charge < -0.3 is 10.4 Å². The Morgan fingerprint density at radius 2 is 2.00 bits per heavy atom. The molecule has 1 aromatic heterocycles. The second kappa shape index (κ2) is 5.80. The molecule has 0 bridgehead atoms. The minimum absolute atomic E-state index is 0.0911. The number of H-pyrrole nitrogens is 1. The lowest BCUT2D eigenvalue weighted by molar-refractivity contribution is 0.281. The van der Waals surface area contributed by atoms with E-state index >= 15 is 0 Å². The van der Waals surface area contributed by atoms with Gasteiger partial charge in [-0.2, -0.15) is 5.10 Å². The molecule has 0 unspecified atom stereocenters. The lowest BCUT2D eigenvalue weighted by Crippen LogP contribution is -2.13. The summed E-state index contributed by atoms with van der Waals surface area (Å²) in [7, 11) is 0. The van der Waals surface area contributed by atoms with Crippen LogP contribution in [0.2, 0.25) is 0 Å². The number of nitrogens with one attached hydrogen (secondary N) is 2. The molecule has 0 spiro atoms. The van der Waals surface area contributed by atoms with Crippen molar-refractivity contribution in [3.05, 3.63) is 52.3 Å². The van der Waals surface area contributed by atoms with Crippen LogP contribution in [0.25, 0.3) is 0 Å². The second-order valence-electron chi connectivity index (χ2n) is 4.49. The fourth-order valence-corrected chi connectivity index (χ4v) is 2.00. The lowest BCUT2D eigenvalue weighted by Gasteiger charge is -2.06. The van der Waals surface area contributed by atoms with Crippen LogP contribution in [0.3, 0.4) is 0 Å². The van der Waals surface area contributed by atoms with E-state index in [-0.39, 0.29) is 6.61 Å². The Hall–Kier alpha value is -1.65. The molecule has 96 valence electrons. The largest absolute Gasteiger partial charge is 0.392 e. The number of aliphatic hydroxyl groups is 1. The second-order valence-corrected chi connectivity index (χ2v) is 4.49. The average molecular weight is 245 g/mol. The van der Waals surface area contributed by atoms with Gasteiger partial charge in [-0.25, -0.2) is 0 Å². The van der Waals surface area contributed by atoms with Crippen molar-refractivity contribution < 1.29 is 5.11 Å². The van der Waals surface area contributed by atoms with E-state index in [0.717, 1.165) is 30.0 Å². The van der Waals surface area contributed by atoms with E-state index < -0.39 is 0 Å². The monoisotopic (exact) mass is 245 g/mol. The Balaban J connectivity index is 1.92. The number of hydrogen-bond donors (Lipinski definition) is 3. The van der Waals surface area contributed by atoms with Gasteiger partial charge in [0, 0.05) is 24.3 Å². The molecule has 0 aliphatic rings. The number of rotatable bonds is 5. The fourth-order valence-electron chi connectivity index (χ4n) is 2.00. The summed E-state index contributed by atoms with van der Waals surface area (Å²) in [5.41, 5.74) is 5.52. The molecule has 0 aliphatic carbocycles. The van der Waals surface area contributed by atoms with Crippen LogP contribution >= 0.6 is 0 Å². The van der Waals surface area contributed by atoms with Crippen LogP contribution in [0.4, 0.5) is 0 Å². The van der Waals surface area contributed by atoms with E-state index in [1.165, 1.54) is 11.1 Å². The molecule has 0 radical (unpaired) electrons. The number of benzene rings is 1. The van der Waals surface area contributed by atoms with Gasteiger partial charge in [0.2, 0.25) is 0 Å². The number of aryl methyl sites for hydroxylation is 2. The molecular formula is C14H19N3O. The van der Waals surface area contributed by atoms with E-state index in [9.17, 15) is 0 Å². The van der Waals surface area contributed by atoms with Crippen LogP contribution < -0.4 is 5.32 Å². The molecule has 18 heavy (non-hydrogen) atoms. The van der Waals surface area contributed by atoms with Crippen molar-refractivity contribution in [1.82, 2.24) is 15.5 Å². The van der Waals surface area contributed by atoms with Crippen molar-refractivity contribution in [2.24, 2.45) is 0 Å². The summed E-state index contributed by atoms with van der Waals surface area (Å²) in [5.74, 6) is 0. The average Bonchev–Trinajstić information content (AvgIpc) is 2.70. The molecule has 0 amide bonds.